The van der Waals surface area contributed by atoms with Crippen LogP contribution in [0.3, 0.4) is 0 Å². The van der Waals surface area contributed by atoms with Crippen LogP contribution in [0.1, 0.15) is 29.2 Å². The second-order valence-corrected chi connectivity index (χ2v) is 6.18. The van der Waals surface area contributed by atoms with Crippen LogP contribution in [0.2, 0.25) is 0 Å². The van der Waals surface area contributed by atoms with Gasteiger partial charge in [-0.25, -0.2) is 0 Å². The molecule has 0 saturated heterocycles. The quantitative estimate of drug-likeness (QED) is 0.443. The minimum atomic E-state index is -0.273. The molecule has 0 saturated carbocycles. The number of rotatable bonds is 4. The molecule has 0 bridgehead atoms. The first-order chi connectivity index (χ1) is 12.0. The van der Waals surface area contributed by atoms with Gasteiger partial charge in [-0.3, -0.25) is 15.6 Å². The maximum Gasteiger partial charge on any atom is 0.262 e. The van der Waals surface area contributed by atoms with Crippen LogP contribution < -0.4 is 16.2 Å². The lowest BCUT2D eigenvalue weighted by atomic mass is 10.1. The molecular formula is C20H23N3OS. The lowest BCUT2D eigenvalue weighted by Gasteiger charge is -2.15. The summed E-state index contributed by atoms with van der Waals surface area (Å²) in [5, 5.41) is 3.49. The number of anilines is 1. The van der Waals surface area contributed by atoms with Crippen LogP contribution in [-0.2, 0) is 11.2 Å². The highest BCUT2D eigenvalue weighted by atomic mass is 32.1. The van der Waals surface area contributed by atoms with E-state index in [1.165, 1.54) is 17.2 Å². The summed E-state index contributed by atoms with van der Waals surface area (Å²) in [6.07, 6.45) is 4.12. The van der Waals surface area contributed by atoms with E-state index in [0.29, 0.717) is 5.11 Å². The zero-order valence-electron chi connectivity index (χ0n) is 14.7. The van der Waals surface area contributed by atoms with Crippen LogP contribution in [0.4, 0.5) is 5.69 Å². The Labute approximate surface area is 154 Å². The normalized spacial score (nSPS) is 10.5. The van der Waals surface area contributed by atoms with Crippen molar-refractivity contribution in [3.05, 3.63) is 70.8 Å². The summed E-state index contributed by atoms with van der Waals surface area (Å²) in [6.45, 7) is 6.14. The van der Waals surface area contributed by atoms with Gasteiger partial charge in [0.15, 0.2) is 5.11 Å². The molecule has 0 fully saturated rings. The number of hydrazine groups is 1. The number of para-hydroxylation sites is 1. The van der Waals surface area contributed by atoms with Crippen LogP contribution in [0.15, 0.2) is 48.5 Å². The van der Waals surface area contributed by atoms with Gasteiger partial charge in [0.05, 0.1) is 0 Å². The number of aryl methyl sites for hydroxylation is 3. The number of hydrogen-bond acceptors (Lipinski definition) is 2. The second kappa shape index (κ2) is 8.99. The summed E-state index contributed by atoms with van der Waals surface area (Å²) in [5.41, 5.74) is 10.7. The summed E-state index contributed by atoms with van der Waals surface area (Å²) >= 11 is 5.25. The van der Waals surface area contributed by atoms with Gasteiger partial charge in [0.1, 0.15) is 0 Å². The highest BCUT2D eigenvalue weighted by Gasteiger charge is 2.06. The summed E-state index contributed by atoms with van der Waals surface area (Å²) < 4.78 is 0. The van der Waals surface area contributed by atoms with Crippen molar-refractivity contribution in [2.45, 2.75) is 27.2 Å². The Morgan fingerprint density at radius 3 is 2.48 bits per heavy atom. The second-order valence-electron chi connectivity index (χ2n) is 5.77. The molecule has 5 heteroatoms. The molecule has 0 unspecified atom stereocenters. The average molecular weight is 353 g/mol. The van der Waals surface area contributed by atoms with E-state index < -0.39 is 0 Å². The third-order valence-electron chi connectivity index (χ3n) is 3.78. The highest BCUT2D eigenvalue weighted by molar-refractivity contribution is 7.80. The molecule has 25 heavy (non-hydrogen) atoms. The number of amides is 1. The number of benzene rings is 2. The monoisotopic (exact) mass is 353 g/mol. The molecule has 0 aliphatic rings. The number of hydrogen-bond donors (Lipinski definition) is 3. The molecule has 3 N–H and O–H groups in total. The van der Waals surface area contributed by atoms with Crippen molar-refractivity contribution >= 4 is 35.0 Å². The van der Waals surface area contributed by atoms with Crippen molar-refractivity contribution in [1.82, 2.24) is 10.9 Å². The standard InChI is InChI=1S/C20H23N3OS/c1-4-17-7-5-6-15(3)19(17)21-20(25)23-22-18(24)13-12-16-10-8-14(2)9-11-16/h5-13H,4H2,1-3H3,(H,22,24)(H2,21,23,25)/b13-12+. The van der Waals surface area contributed by atoms with Gasteiger partial charge < -0.3 is 5.32 Å². The molecule has 2 aromatic carbocycles. The van der Waals surface area contributed by atoms with Gasteiger partial charge >= 0.3 is 0 Å². The Hall–Kier alpha value is -2.66. The van der Waals surface area contributed by atoms with Gasteiger partial charge in [-0.05, 0) is 55.3 Å². The van der Waals surface area contributed by atoms with E-state index in [-0.39, 0.29) is 5.91 Å². The number of carbonyl (C=O) groups excluding carboxylic acids is 1. The van der Waals surface area contributed by atoms with E-state index in [1.54, 1.807) is 6.08 Å². The molecule has 0 aromatic heterocycles. The van der Waals surface area contributed by atoms with E-state index in [0.717, 1.165) is 23.2 Å². The zero-order valence-corrected chi connectivity index (χ0v) is 15.5. The molecule has 130 valence electrons. The fourth-order valence-electron chi connectivity index (χ4n) is 2.36. The maximum atomic E-state index is 11.9. The number of nitrogens with one attached hydrogen (secondary N) is 3. The third kappa shape index (κ3) is 5.72. The Morgan fingerprint density at radius 2 is 1.80 bits per heavy atom. The molecule has 0 atom stereocenters. The fraction of sp³-hybridized carbons (Fsp3) is 0.200. The topological polar surface area (TPSA) is 53.2 Å². The summed E-state index contributed by atoms with van der Waals surface area (Å²) in [4.78, 5) is 11.9. The lowest BCUT2D eigenvalue weighted by Crippen LogP contribution is -2.43. The maximum absolute atomic E-state index is 11.9. The van der Waals surface area contributed by atoms with Crippen LogP contribution in [0.25, 0.3) is 6.08 Å². The van der Waals surface area contributed by atoms with Crippen LogP contribution in [0.5, 0.6) is 0 Å². The molecule has 0 aliphatic carbocycles. The fourth-order valence-corrected chi connectivity index (χ4v) is 2.51. The third-order valence-corrected chi connectivity index (χ3v) is 3.99. The first kappa shape index (κ1) is 18.7. The first-order valence-electron chi connectivity index (χ1n) is 8.19. The van der Waals surface area contributed by atoms with E-state index >= 15 is 0 Å². The molecule has 0 radical (unpaired) electrons. The van der Waals surface area contributed by atoms with Crippen LogP contribution >= 0.6 is 12.2 Å². The zero-order chi connectivity index (χ0) is 18.2. The molecule has 1 amide bonds. The largest absolute Gasteiger partial charge is 0.331 e. The van der Waals surface area contributed by atoms with E-state index in [9.17, 15) is 4.79 Å². The van der Waals surface area contributed by atoms with Gasteiger partial charge in [-0.15, -0.1) is 0 Å². The van der Waals surface area contributed by atoms with Gasteiger partial charge in [-0.1, -0.05) is 55.0 Å². The van der Waals surface area contributed by atoms with Gasteiger partial charge in [0, 0.05) is 11.8 Å². The Morgan fingerprint density at radius 1 is 1.08 bits per heavy atom. The van der Waals surface area contributed by atoms with E-state index in [2.05, 4.69) is 29.2 Å². The van der Waals surface area contributed by atoms with Crippen molar-refractivity contribution in [2.24, 2.45) is 0 Å². The van der Waals surface area contributed by atoms with E-state index in [1.807, 2.05) is 50.2 Å². The Kier molecular flexibility index (Phi) is 6.71. The van der Waals surface area contributed by atoms with Crippen molar-refractivity contribution < 1.29 is 4.79 Å². The van der Waals surface area contributed by atoms with Gasteiger partial charge in [0.2, 0.25) is 0 Å². The smallest absolute Gasteiger partial charge is 0.262 e. The molecule has 0 spiro atoms. The Bertz CT molecular complexity index is 782. The van der Waals surface area contributed by atoms with Crippen LogP contribution in [0, 0.1) is 13.8 Å². The molecule has 4 nitrogen and oxygen atoms in total. The predicted octanol–water partition coefficient (Wildman–Crippen LogP) is 3.90. The van der Waals surface area contributed by atoms with E-state index in [4.69, 9.17) is 12.2 Å². The minimum Gasteiger partial charge on any atom is -0.331 e. The SMILES string of the molecule is CCc1cccc(C)c1NC(=S)NNC(=O)/C=C/c1ccc(C)cc1. The van der Waals surface area contributed by atoms with Crippen LogP contribution in [-0.4, -0.2) is 11.0 Å². The molecular weight excluding hydrogens is 330 g/mol. The molecule has 2 aromatic rings. The lowest BCUT2D eigenvalue weighted by molar-refractivity contribution is -0.116. The average Bonchev–Trinajstić information content (AvgIpc) is 2.61. The van der Waals surface area contributed by atoms with Crippen molar-refractivity contribution in [3.8, 4) is 0 Å². The Balaban J connectivity index is 1.87. The number of carbonyl (C=O) groups is 1. The summed E-state index contributed by atoms with van der Waals surface area (Å²) in [6, 6.07) is 14.0. The van der Waals surface area contributed by atoms with Crippen molar-refractivity contribution in [1.29, 1.82) is 0 Å². The number of thiocarbonyl (C=S) groups is 1. The predicted molar refractivity (Wildman–Crippen MR) is 108 cm³/mol. The highest BCUT2D eigenvalue weighted by Crippen LogP contribution is 2.20. The van der Waals surface area contributed by atoms with Gasteiger partial charge in [0.25, 0.3) is 5.91 Å². The minimum absolute atomic E-state index is 0.273. The van der Waals surface area contributed by atoms with Crippen molar-refractivity contribution in [3.63, 3.8) is 0 Å². The molecule has 0 aliphatic heterocycles. The van der Waals surface area contributed by atoms with Crippen molar-refractivity contribution in [2.75, 3.05) is 5.32 Å². The summed E-state index contributed by atoms with van der Waals surface area (Å²) in [7, 11) is 0. The summed E-state index contributed by atoms with van der Waals surface area (Å²) in [5.74, 6) is -0.273. The first-order valence-corrected chi connectivity index (χ1v) is 8.60. The molecule has 2 rings (SSSR count). The van der Waals surface area contributed by atoms with Gasteiger partial charge in [-0.2, -0.15) is 0 Å². The molecule has 0 heterocycles.